The van der Waals surface area contributed by atoms with Gasteiger partial charge in [0.05, 0.1) is 16.6 Å². The van der Waals surface area contributed by atoms with Gasteiger partial charge in [0.25, 0.3) is 0 Å². The molecule has 0 saturated carbocycles. The number of pyridine rings is 1. The van der Waals surface area contributed by atoms with Gasteiger partial charge in [0.15, 0.2) is 5.82 Å². The molecule has 0 radical (unpaired) electrons. The largest absolute Gasteiger partial charge is 0.457 e. The Balaban J connectivity index is 1.47. The molecule has 1 fully saturated rings. The Bertz CT molecular complexity index is 1170. The number of hydrogen-bond acceptors (Lipinski definition) is 6. The molecule has 1 saturated heterocycles. The minimum absolute atomic E-state index is 0.250. The predicted molar refractivity (Wildman–Crippen MR) is 122 cm³/mol. The van der Waals surface area contributed by atoms with E-state index in [1.165, 1.54) is 0 Å². The molecule has 7 nitrogen and oxygen atoms in total. The van der Waals surface area contributed by atoms with Crippen molar-refractivity contribution < 1.29 is 9.84 Å². The number of H-pyrrole nitrogens is 1. The molecular weight excluding hydrogens is 390 g/mol. The van der Waals surface area contributed by atoms with Crippen molar-refractivity contribution in [2.45, 2.75) is 12.8 Å². The van der Waals surface area contributed by atoms with Crippen molar-refractivity contribution in [2.24, 2.45) is 5.92 Å². The van der Waals surface area contributed by atoms with Gasteiger partial charge in [-0.25, -0.2) is 4.98 Å². The molecule has 0 spiro atoms. The number of aromatic nitrogens is 3. The van der Waals surface area contributed by atoms with Crippen LogP contribution < -0.4 is 15.4 Å². The van der Waals surface area contributed by atoms with Gasteiger partial charge in [-0.2, -0.15) is 5.10 Å². The molecule has 2 aromatic carbocycles. The van der Waals surface area contributed by atoms with Gasteiger partial charge in [-0.15, -0.1) is 0 Å². The van der Waals surface area contributed by atoms with Gasteiger partial charge in [-0.1, -0.05) is 18.2 Å². The number of nitrogens with zero attached hydrogens (tertiary/aromatic N) is 3. The molecule has 5 rings (SSSR count). The third-order valence-electron chi connectivity index (χ3n) is 5.86. The summed E-state index contributed by atoms with van der Waals surface area (Å²) in [4.78, 5) is 7.24. The van der Waals surface area contributed by atoms with E-state index in [1.54, 1.807) is 0 Å². The quantitative estimate of drug-likeness (QED) is 0.451. The van der Waals surface area contributed by atoms with Gasteiger partial charge in [0.1, 0.15) is 17.3 Å². The monoisotopic (exact) mass is 415 g/mol. The van der Waals surface area contributed by atoms with Crippen LogP contribution in [0.2, 0.25) is 0 Å². The molecule has 0 bridgehead atoms. The van der Waals surface area contributed by atoms with Crippen LogP contribution in [0.15, 0.2) is 60.7 Å². The van der Waals surface area contributed by atoms with Crippen LogP contribution >= 0.6 is 0 Å². The van der Waals surface area contributed by atoms with E-state index in [9.17, 15) is 5.11 Å². The van der Waals surface area contributed by atoms with Crippen LogP contribution in [0.1, 0.15) is 12.8 Å². The molecule has 4 N–H and O–H groups in total. The van der Waals surface area contributed by atoms with E-state index in [0.717, 1.165) is 65.4 Å². The topological polar surface area (TPSA) is 100 Å². The molecule has 1 aliphatic heterocycles. The lowest BCUT2D eigenvalue weighted by Crippen LogP contribution is -2.35. The number of fused-ring (bicyclic) bond motifs is 1. The lowest BCUT2D eigenvalue weighted by Gasteiger charge is -2.32. The van der Waals surface area contributed by atoms with Gasteiger partial charge in [0.2, 0.25) is 0 Å². The maximum absolute atomic E-state index is 9.43. The van der Waals surface area contributed by atoms with Gasteiger partial charge >= 0.3 is 0 Å². The van der Waals surface area contributed by atoms with Crippen LogP contribution in [0.25, 0.3) is 22.2 Å². The SMILES string of the molecule is Nc1n[nH]c2cc(N3CCC(CO)CC3)nc(-c3ccc(Oc4ccccc4)cc3)c12. The predicted octanol–water partition coefficient (Wildman–Crippen LogP) is 4.21. The van der Waals surface area contributed by atoms with E-state index < -0.39 is 0 Å². The maximum Gasteiger partial charge on any atom is 0.155 e. The van der Waals surface area contributed by atoms with E-state index in [-0.39, 0.29) is 6.61 Å². The van der Waals surface area contributed by atoms with Crippen molar-refractivity contribution in [3.05, 3.63) is 60.7 Å². The maximum atomic E-state index is 9.43. The van der Waals surface area contributed by atoms with Crippen LogP contribution in [-0.2, 0) is 0 Å². The summed E-state index contributed by atoms with van der Waals surface area (Å²) in [5, 5.41) is 17.5. The number of aliphatic hydroxyl groups excluding tert-OH is 1. The summed E-state index contributed by atoms with van der Waals surface area (Å²) >= 11 is 0. The fraction of sp³-hybridized carbons (Fsp3) is 0.250. The third kappa shape index (κ3) is 3.92. The minimum atomic E-state index is 0.250. The van der Waals surface area contributed by atoms with Gasteiger partial charge < -0.3 is 20.5 Å². The first-order valence-electron chi connectivity index (χ1n) is 10.5. The summed E-state index contributed by atoms with van der Waals surface area (Å²) in [6.45, 7) is 1.99. The number of hydrogen-bond donors (Lipinski definition) is 3. The number of anilines is 2. The first-order chi connectivity index (χ1) is 15.2. The number of rotatable bonds is 5. The number of benzene rings is 2. The molecule has 158 valence electrons. The zero-order valence-electron chi connectivity index (χ0n) is 17.2. The molecule has 7 heteroatoms. The van der Waals surface area contributed by atoms with Crippen molar-refractivity contribution in [3.63, 3.8) is 0 Å². The second kappa shape index (κ2) is 8.28. The van der Waals surface area contributed by atoms with Crippen LogP contribution in [0, 0.1) is 5.92 Å². The van der Waals surface area contributed by atoms with E-state index in [2.05, 4.69) is 15.1 Å². The van der Waals surface area contributed by atoms with E-state index >= 15 is 0 Å². The van der Waals surface area contributed by atoms with Crippen LogP contribution in [0.5, 0.6) is 11.5 Å². The number of nitrogens with two attached hydrogens (primary N) is 1. The first kappa shape index (κ1) is 19.4. The van der Waals surface area contributed by atoms with E-state index in [1.807, 2.05) is 60.7 Å². The fourth-order valence-electron chi connectivity index (χ4n) is 4.08. The van der Waals surface area contributed by atoms with Crippen molar-refractivity contribution in [1.29, 1.82) is 0 Å². The Morgan fingerprint density at radius 1 is 1.03 bits per heavy atom. The third-order valence-corrected chi connectivity index (χ3v) is 5.86. The lowest BCUT2D eigenvalue weighted by molar-refractivity contribution is 0.203. The molecule has 2 aromatic heterocycles. The fourth-order valence-corrected chi connectivity index (χ4v) is 4.08. The number of nitrogen functional groups attached to an aromatic ring is 1. The summed E-state index contributed by atoms with van der Waals surface area (Å²) < 4.78 is 5.91. The van der Waals surface area contributed by atoms with Gasteiger partial charge in [-0.05, 0) is 55.2 Å². The Morgan fingerprint density at radius 2 is 1.74 bits per heavy atom. The van der Waals surface area contributed by atoms with Crippen LogP contribution in [0.3, 0.4) is 0 Å². The van der Waals surface area contributed by atoms with Crippen LogP contribution in [0.4, 0.5) is 11.6 Å². The molecule has 4 aromatic rings. The summed E-state index contributed by atoms with van der Waals surface area (Å²) in [6, 6.07) is 19.6. The van der Waals surface area contributed by atoms with Crippen molar-refractivity contribution in [3.8, 4) is 22.8 Å². The standard InChI is InChI=1S/C24H25N5O2/c25-24-22-20(27-28-24)14-21(29-12-10-16(15-30)11-13-29)26-23(22)17-6-8-19(9-7-17)31-18-4-2-1-3-5-18/h1-9,14,16,30H,10-13,15H2,(H3,25,27,28). The Kier molecular flexibility index (Phi) is 5.18. The smallest absolute Gasteiger partial charge is 0.155 e. The van der Waals surface area contributed by atoms with E-state index in [0.29, 0.717) is 11.7 Å². The van der Waals surface area contributed by atoms with Crippen molar-refractivity contribution >= 4 is 22.5 Å². The normalized spacial score (nSPS) is 14.8. The summed E-state index contributed by atoms with van der Waals surface area (Å²) in [5.41, 5.74) is 8.78. The average molecular weight is 415 g/mol. The summed E-state index contributed by atoms with van der Waals surface area (Å²) in [5.74, 6) is 3.26. The van der Waals surface area contributed by atoms with Crippen molar-refractivity contribution in [2.75, 3.05) is 30.3 Å². The molecular formula is C24H25N5O2. The Labute approximate surface area is 180 Å². The molecule has 3 heterocycles. The first-order valence-corrected chi connectivity index (χ1v) is 10.5. The number of nitrogens with one attached hydrogen (secondary N) is 1. The molecule has 1 aliphatic rings. The Hall–Kier alpha value is -3.58. The second-order valence-corrected chi connectivity index (χ2v) is 7.91. The molecule has 0 amide bonds. The highest BCUT2D eigenvalue weighted by Crippen LogP contribution is 2.35. The molecule has 0 unspecified atom stereocenters. The second-order valence-electron chi connectivity index (χ2n) is 7.91. The van der Waals surface area contributed by atoms with Crippen molar-refractivity contribution in [1.82, 2.24) is 15.2 Å². The zero-order valence-corrected chi connectivity index (χ0v) is 17.2. The van der Waals surface area contributed by atoms with Gasteiger partial charge in [0, 0.05) is 31.3 Å². The Morgan fingerprint density at radius 3 is 2.45 bits per heavy atom. The summed E-state index contributed by atoms with van der Waals surface area (Å²) in [7, 11) is 0. The molecule has 31 heavy (non-hydrogen) atoms. The number of aliphatic hydroxyl groups is 1. The lowest BCUT2D eigenvalue weighted by atomic mass is 9.98. The zero-order chi connectivity index (χ0) is 21.2. The molecule has 0 aliphatic carbocycles. The molecule has 0 atom stereocenters. The number of para-hydroxylation sites is 1. The number of ether oxygens (including phenoxy) is 1. The number of piperidine rings is 1. The average Bonchev–Trinajstić information content (AvgIpc) is 3.20. The minimum Gasteiger partial charge on any atom is -0.457 e. The highest BCUT2D eigenvalue weighted by Gasteiger charge is 2.22. The van der Waals surface area contributed by atoms with Crippen LogP contribution in [-0.4, -0.2) is 40.0 Å². The summed E-state index contributed by atoms with van der Waals surface area (Å²) in [6.07, 6.45) is 1.92. The number of aromatic amines is 1. The van der Waals surface area contributed by atoms with Gasteiger partial charge in [-0.3, -0.25) is 5.10 Å². The van der Waals surface area contributed by atoms with E-state index in [4.69, 9.17) is 15.5 Å². The highest BCUT2D eigenvalue weighted by molar-refractivity contribution is 6.01. The highest BCUT2D eigenvalue weighted by atomic mass is 16.5.